The van der Waals surface area contributed by atoms with Crippen LogP contribution in [0, 0.1) is 0 Å². The predicted octanol–water partition coefficient (Wildman–Crippen LogP) is 3.71. The number of Topliss-reactive ketones (excluding diaryl/α,β-unsaturated/α-hetero) is 1. The standard InChI is InChI=1S/C23H20ClN5O2/c24-17-4-1-3-16(13-17)20-15-25-22-8-7-19(27-29(20)22)21(30)14-18-5-2-6-23(26-18)28-9-11-31-12-10-28/h1-8,13,15H,9-12,14H2. The summed E-state index contributed by atoms with van der Waals surface area (Å²) in [7, 11) is 0. The summed E-state index contributed by atoms with van der Waals surface area (Å²) in [6, 6.07) is 16.7. The zero-order valence-corrected chi connectivity index (χ0v) is 17.5. The number of carbonyl (C=O) groups excluding carboxylic acids is 1. The molecule has 3 aromatic heterocycles. The molecule has 0 atom stereocenters. The molecule has 0 amide bonds. The monoisotopic (exact) mass is 433 g/mol. The van der Waals surface area contributed by atoms with E-state index in [0.29, 0.717) is 29.6 Å². The number of benzene rings is 1. The lowest BCUT2D eigenvalue weighted by Gasteiger charge is -2.28. The molecule has 0 radical (unpaired) electrons. The van der Waals surface area contributed by atoms with Crippen LogP contribution >= 0.6 is 11.6 Å². The summed E-state index contributed by atoms with van der Waals surface area (Å²) < 4.78 is 7.08. The summed E-state index contributed by atoms with van der Waals surface area (Å²) >= 11 is 6.13. The van der Waals surface area contributed by atoms with Crippen molar-refractivity contribution in [3.05, 3.63) is 77.2 Å². The molecule has 0 aliphatic carbocycles. The van der Waals surface area contributed by atoms with Gasteiger partial charge in [-0.25, -0.2) is 14.5 Å². The van der Waals surface area contributed by atoms with Crippen molar-refractivity contribution in [2.45, 2.75) is 6.42 Å². The predicted molar refractivity (Wildman–Crippen MR) is 119 cm³/mol. The highest BCUT2D eigenvalue weighted by molar-refractivity contribution is 6.30. The number of rotatable bonds is 5. The van der Waals surface area contributed by atoms with Gasteiger partial charge in [0.25, 0.3) is 0 Å². The zero-order valence-electron chi connectivity index (χ0n) is 16.7. The molecule has 1 fully saturated rings. The number of imidazole rings is 1. The van der Waals surface area contributed by atoms with E-state index in [1.807, 2.05) is 42.5 Å². The SMILES string of the molecule is O=C(Cc1cccc(N2CCOCC2)n1)c1ccc2ncc(-c3cccc(Cl)c3)n2n1. The van der Waals surface area contributed by atoms with E-state index < -0.39 is 0 Å². The third-order valence-corrected chi connectivity index (χ3v) is 5.47. The minimum atomic E-state index is -0.0979. The van der Waals surface area contributed by atoms with Crippen molar-refractivity contribution in [1.82, 2.24) is 19.6 Å². The third kappa shape index (κ3) is 4.15. The summed E-state index contributed by atoms with van der Waals surface area (Å²) in [5.74, 6) is 0.772. The van der Waals surface area contributed by atoms with Crippen LogP contribution in [0.25, 0.3) is 16.9 Å². The minimum absolute atomic E-state index is 0.0979. The van der Waals surface area contributed by atoms with E-state index >= 15 is 0 Å². The number of carbonyl (C=O) groups is 1. The van der Waals surface area contributed by atoms with Crippen LogP contribution in [-0.4, -0.2) is 51.7 Å². The second kappa shape index (κ2) is 8.45. The van der Waals surface area contributed by atoms with Gasteiger partial charge in [0.1, 0.15) is 11.5 Å². The number of morpholine rings is 1. The molecule has 4 aromatic rings. The average Bonchev–Trinajstić information content (AvgIpc) is 3.23. The second-order valence-electron chi connectivity index (χ2n) is 7.33. The molecule has 0 saturated carbocycles. The first kappa shape index (κ1) is 19.7. The number of halogens is 1. The van der Waals surface area contributed by atoms with Crippen LogP contribution in [0.1, 0.15) is 16.2 Å². The highest BCUT2D eigenvalue weighted by atomic mass is 35.5. The van der Waals surface area contributed by atoms with E-state index in [0.717, 1.165) is 35.9 Å². The van der Waals surface area contributed by atoms with Crippen molar-refractivity contribution in [1.29, 1.82) is 0 Å². The van der Waals surface area contributed by atoms with Gasteiger partial charge in [0, 0.05) is 23.7 Å². The van der Waals surface area contributed by atoms with E-state index in [-0.39, 0.29) is 12.2 Å². The highest BCUT2D eigenvalue weighted by Crippen LogP contribution is 2.23. The summed E-state index contributed by atoms with van der Waals surface area (Å²) in [6.45, 7) is 2.98. The molecule has 0 bridgehead atoms. The first-order chi connectivity index (χ1) is 15.2. The molecule has 7 nitrogen and oxygen atoms in total. The van der Waals surface area contributed by atoms with Crippen molar-refractivity contribution in [2.75, 3.05) is 31.2 Å². The summed E-state index contributed by atoms with van der Waals surface area (Å²) in [5, 5.41) is 5.19. The number of hydrogen-bond donors (Lipinski definition) is 0. The van der Waals surface area contributed by atoms with Crippen molar-refractivity contribution in [3.8, 4) is 11.3 Å². The van der Waals surface area contributed by atoms with E-state index in [4.69, 9.17) is 16.3 Å². The van der Waals surface area contributed by atoms with Crippen molar-refractivity contribution in [2.24, 2.45) is 0 Å². The Balaban J connectivity index is 1.41. The fraction of sp³-hybridized carbons (Fsp3) is 0.217. The number of fused-ring (bicyclic) bond motifs is 1. The van der Waals surface area contributed by atoms with Gasteiger partial charge in [-0.3, -0.25) is 4.79 Å². The Morgan fingerprint density at radius 3 is 2.74 bits per heavy atom. The van der Waals surface area contributed by atoms with Gasteiger partial charge in [-0.2, -0.15) is 5.10 Å². The summed E-state index contributed by atoms with van der Waals surface area (Å²) in [5.41, 5.74) is 3.42. The van der Waals surface area contributed by atoms with E-state index in [1.54, 1.807) is 22.8 Å². The molecule has 4 heterocycles. The molecule has 1 saturated heterocycles. The number of ether oxygens (including phenoxy) is 1. The lowest BCUT2D eigenvalue weighted by molar-refractivity contribution is 0.0985. The number of hydrogen-bond acceptors (Lipinski definition) is 6. The van der Waals surface area contributed by atoms with Crippen LogP contribution in [0.2, 0.25) is 5.02 Å². The fourth-order valence-electron chi connectivity index (χ4n) is 3.66. The van der Waals surface area contributed by atoms with Crippen molar-refractivity contribution in [3.63, 3.8) is 0 Å². The first-order valence-corrected chi connectivity index (χ1v) is 10.5. The van der Waals surface area contributed by atoms with Gasteiger partial charge in [-0.1, -0.05) is 29.8 Å². The summed E-state index contributed by atoms with van der Waals surface area (Å²) in [4.78, 5) is 24.2. The van der Waals surface area contributed by atoms with Gasteiger partial charge in [-0.15, -0.1) is 0 Å². The van der Waals surface area contributed by atoms with Gasteiger partial charge < -0.3 is 9.64 Å². The number of nitrogens with zero attached hydrogens (tertiary/aromatic N) is 5. The zero-order chi connectivity index (χ0) is 21.2. The molecule has 0 spiro atoms. The largest absolute Gasteiger partial charge is 0.378 e. The van der Waals surface area contributed by atoms with E-state index in [2.05, 4.69) is 20.0 Å². The lowest BCUT2D eigenvalue weighted by Crippen LogP contribution is -2.36. The molecule has 8 heteroatoms. The highest BCUT2D eigenvalue weighted by Gasteiger charge is 2.16. The quantitative estimate of drug-likeness (QED) is 0.447. The van der Waals surface area contributed by atoms with Gasteiger partial charge in [0.2, 0.25) is 0 Å². The second-order valence-corrected chi connectivity index (χ2v) is 7.77. The lowest BCUT2D eigenvalue weighted by atomic mass is 10.1. The van der Waals surface area contributed by atoms with Crippen LogP contribution < -0.4 is 4.90 Å². The Morgan fingerprint density at radius 2 is 1.90 bits per heavy atom. The molecular weight excluding hydrogens is 414 g/mol. The third-order valence-electron chi connectivity index (χ3n) is 5.24. The molecular formula is C23H20ClN5O2. The Bertz CT molecular complexity index is 1250. The van der Waals surface area contributed by atoms with Gasteiger partial charge in [0.05, 0.1) is 37.2 Å². The van der Waals surface area contributed by atoms with Crippen LogP contribution in [0.3, 0.4) is 0 Å². The maximum absolute atomic E-state index is 13.0. The molecule has 0 N–H and O–H groups in total. The molecule has 31 heavy (non-hydrogen) atoms. The molecule has 5 rings (SSSR count). The van der Waals surface area contributed by atoms with Crippen molar-refractivity contribution >= 4 is 28.8 Å². The molecule has 1 aliphatic rings. The van der Waals surface area contributed by atoms with Crippen LogP contribution in [0.4, 0.5) is 5.82 Å². The molecule has 0 unspecified atom stereocenters. The average molecular weight is 434 g/mol. The normalized spacial score (nSPS) is 14.2. The Kier molecular flexibility index (Phi) is 5.36. The Hall–Kier alpha value is -3.29. The number of aromatic nitrogens is 4. The molecule has 156 valence electrons. The van der Waals surface area contributed by atoms with Gasteiger partial charge in [0.15, 0.2) is 11.4 Å². The van der Waals surface area contributed by atoms with E-state index in [1.165, 1.54) is 0 Å². The Morgan fingerprint density at radius 1 is 1.06 bits per heavy atom. The number of anilines is 1. The van der Waals surface area contributed by atoms with E-state index in [9.17, 15) is 4.79 Å². The van der Waals surface area contributed by atoms with Gasteiger partial charge in [-0.05, 0) is 36.4 Å². The maximum atomic E-state index is 13.0. The van der Waals surface area contributed by atoms with Crippen LogP contribution in [-0.2, 0) is 11.2 Å². The van der Waals surface area contributed by atoms with Crippen molar-refractivity contribution < 1.29 is 9.53 Å². The smallest absolute Gasteiger partial charge is 0.188 e. The first-order valence-electron chi connectivity index (χ1n) is 10.1. The van der Waals surface area contributed by atoms with Gasteiger partial charge >= 0.3 is 0 Å². The fourth-order valence-corrected chi connectivity index (χ4v) is 3.85. The Labute approximate surface area is 184 Å². The molecule has 1 aliphatic heterocycles. The summed E-state index contributed by atoms with van der Waals surface area (Å²) in [6.07, 6.45) is 1.91. The number of ketones is 1. The molecule has 1 aromatic carbocycles. The number of pyridine rings is 1. The topological polar surface area (TPSA) is 72.6 Å². The van der Waals surface area contributed by atoms with Crippen LogP contribution in [0.15, 0.2) is 60.8 Å². The van der Waals surface area contributed by atoms with Crippen LogP contribution in [0.5, 0.6) is 0 Å². The maximum Gasteiger partial charge on any atom is 0.188 e. The minimum Gasteiger partial charge on any atom is -0.378 e.